The monoisotopic (exact) mass is 444 g/mol. The summed E-state index contributed by atoms with van der Waals surface area (Å²) in [6, 6.07) is 0. The van der Waals surface area contributed by atoms with Gasteiger partial charge in [-0.25, -0.2) is 0 Å². The SMILES string of the molecule is COC(C)OC1CC[C@@]2(C)C(=CC[C@H]3[C@@H]4CC[C@H]([C@H](C)CCCC(C)C)[C@@]4(C)CC[C@@H]32)C1. The van der Waals surface area contributed by atoms with Crippen LogP contribution < -0.4 is 0 Å². The summed E-state index contributed by atoms with van der Waals surface area (Å²) in [6.07, 6.45) is 18.1. The molecule has 184 valence electrons. The predicted octanol–water partition coefficient (Wildman–Crippen LogP) is 8.41. The Labute approximate surface area is 199 Å². The van der Waals surface area contributed by atoms with Gasteiger partial charge in [0, 0.05) is 7.11 Å². The lowest BCUT2D eigenvalue weighted by atomic mass is 9.47. The Morgan fingerprint density at radius 1 is 0.969 bits per heavy atom. The standard InChI is InChI=1S/C30H52O2/c1-20(2)9-8-10-21(3)26-13-14-27-25-12-11-23-19-24(32-22(4)31-7)15-17-29(23,5)28(25)16-18-30(26,27)6/h11,20-22,24-28H,8-10,12-19H2,1-7H3/t21-,22?,24?,25+,26-,27+,28+,29+,30-/m1/s1. The molecule has 32 heavy (non-hydrogen) atoms. The normalized spacial score (nSPS) is 43.2. The minimum Gasteiger partial charge on any atom is -0.356 e. The zero-order valence-electron chi connectivity index (χ0n) is 22.3. The highest BCUT2D eigenvalue weighted by molar-refractivity contribution is 5.25. The summed E-state index contributed by atoms with van der Waals surface area (Å²) < 4.78 is 11.6. The molecule has 0 spiro atoms. The van der Waals surface area contributed by atoms with Gasteiger partial charge in [-0.15, -0.1) is 0 Å². The third kappa shape index (κ3) is 4.49. The summed E-state index contributed by atoms with van der Waals surface area (Å²) in [5.41, 5.74) is 2.73. The van der Waals surface area contributed by atoms with Crippen LogP contribution in [0.15, 0.2) is 11.6 Å². The summed E-state index contributed by atoms with van der Waals surface area (Å²) >= 11 is 0. The highest BCUT2D eigenvalue weighted by Crippen LogP contribution is 2.67. The van der Waals surface area contributed by atoms with Gasteiger partial charge in [0.1, 0.15) is 0 Å². The fourth-order valence-electron chi connectivity index (χ4n) is 9.09. The molecule has 2 heteroatoms. The molecule has 3 saturated carbocycles. The number of allylic oxidation sites excluding steroid dienone is 1. The van der Waals surface area contributed by atoms with Crippen molar-refractivity contribution in [2.45, 2.75) is 125 Å². The van der Waals surface area contributed by atoms with Gasteiger partial charge < -0.3 is 9.47 Å². The fourth-order valence-corrected chi connectivity index (χ4v) is 9.09. The van der Waals surface area contributed by atoms with E-state index < -0.39 is 0 Å². The van der Waals surface area contributed by atoms with Gasteiger partial charge in [0.15, 0.2) is 6.29 Å². The van der Waals surface area contributed by atoms with Crippen LogP contribution in [0.3, 0.4) is 0 Å². The van der Waals surface area contributed by atoms with Gasteiger partial charge in [0.2, 0.25) is 0 Å². The zero-order chi connectivity index (χ0) is 23.1. The van der Waals surface area contributed by atoms with Gasteiger partial charge in [-0.05, 0) is 105 Å². The van der Waals surface area contributed by atoms with Crippen LogP contribution >= 0.6 is 0 Å². The molecule has 4 aliphatic rings. The first kappa shape index (κ1) is 24.8. The predicted molar refractivity (Wildman–Crippen MR) is 134 cm³/mol. The van der Waals surface area contributed by atoms with Gasteiger partial charge in [-0.2, -0.15) is 0 Å². The van der Waals surface area contributed by atoms with E-state index in [0.29, 0.717) is 16.9 Å². The minimum atomic E-state index is -0.0883. The Kier molecular flexibility index (Phi) is 7.53. The molecule has 9 atom stereocenters. The topological polar surface area (TPSA) is 18.5 Å². The molecule has 0 heterocycles. The average Bonchev–Trinajstić information content (AvgIpc) is 3.11. The van der Waals surface area contributed by atoms with Crippen molar-refractivity contribution in [3.8, 4) is 0 Å². The number of ether oxygens (including phenoxy) is 2. The van der Waals surface area contributed by atoms with E-state index in [0.717, 1.165) is 41.9 Å². The van der Waals surface area contributed by atoms with Crippen LogP contribution in [0.4, 0.5) is 0 Å². The lowest BCUT2D eigenvalue weighted by molar-refractivity contribution is -0.155. The molecule has 2 unspecified atom stereocenters. The smallest absolute Gasteiger partial charge is 0.154 e. The van der Waals surface area contributed by atoms with Crippen LogP contribution in [0.5, 0.6) is 0 Å². The van der Waals surface area contributed by atoms with Crippen molar-refractivity contribution < 1.29 is 9.47 Å². The van der Waals surface area contributed by atoms with E-state index in [-0.39, 0.29) is 6.29 Å². The Morgan fingerprint density at radius 2 is 1.75 bits per heavy atom. The summed E-state index contributed by atoms with van der Waals surface area (Å²) in [5, 5.41) is 0. The molecule has 4 aliphatic carbocycles. The van der Waals surface area contributed by atoms with Crippen LogP contribution in [-0.4, -0.2) is 19.5 Å². The molecule has 0 N–H and O–H groups in total. The van der Waals surface area contributed by atoms with Gasteiger partial charge in [0.05, 0.1) is 6.10 Å². The third-order valence-corrected chi connectivity index (χ3v) is 11.0. The van der Waals surface area contributed by atoms with Crippen molar-refractivity contribution in [1.29, 1.82) is 0 Å². The quantitative estimate of drug-likeness (QED) is 0.276. The van der Waals surface area contributed by atoms with Gasteiger partial charge in [0.25, 0.3) is 0 Å². The molecule has 0 saturated heterocycles. The number of hydrogen-bond donors (Lipinski definition) is 0. The molecule has 2 nitrogen and oxygen atoms in total. The molecule has 4 rings (SSSR count). The molecule has 0 aromatic heterocycles. The Hall–Kier alpha value is -0.340. The summed E-state index contributed by atoms with van der Waals surface area (Å²) in [4.78, 5) is 0. The highest BCUT2D eigenvalue weighted by Gasteiger charge is 2.59. The molecular weight excluding hydrogens is 392 g/mol. The van der Waals surface area contributed by atoms with Crippen LogP contribution in [-0.2, 0) is 9.47 Å². The van der Waals surface area contributed by atoms with E-state index in [1.807, 2.05) is 6.92 Å². The first-order valence-electron chi connectivity index (χ1n) is 14.1. The molecule has 0 amide bonds. The number of fused-ring (bicyclic) bond motifs is 5. The average molecular weight is 445 g/mol. The van der Waals surface area contributed by atoms with Gasteiger partial charge in [-0.1, -0.05) is 65.5 Å². The first-order valence-corrected chi connectivity index (χ1v) is 14.1. The maximum absolute atomic E-state index is 6.18. The van der Waals surface area contributed by atoms with Crippen molar-refractivity contribution in [3.05, 3.63) is 11.6 Å². The molecule has 0 aromatic rings. The Bertz CT molecular complexity index is 668. The third-order valence-electron chi connectivity index (χ3n) is 11.0. The molecule has 0 aliphatic heterocycles. The number of hydrogen-bond acceptors (Lipinski definition) is 2. The van der Waals surface area contributed by atoms with Crippen LogP contribution in [0.2, 0.25) is 0 Å². The molecule has 3 fully saturated rings. The second-order valence-electron chi connectivity index (χ2n) is 13.1. The summed E-state index contributed by atoms with van der Waals surface area (Å²) in [5.74, 6) is 5.49. The van der Waals surface area contributed by atoms with Crippen molar-refractivity contribution in [2.24, 2.45) is 46.3 Å². The van der Waals surface area contributed by atoms with E-state index in [9.17, 15) is 0 Å². The van der Waals surface area contributed by atoms with Crippen molar-refractivity contribution in [3.63, 3.8) is 0 Å². The first-order chi connectivity index (χ1) is 15.2. The summed E-state index contributed by atoms with van der Waals surface area (Å²) in [7, 11) is 1.75. The van der Waals surface area contributed by atoms with E-state index in [2.05, 4.69) is 40.7 Å². The van der Waals surface area contributed by atoms with Crippen LogP contribution in [0.1, 0.15) is 112 Å². The van der Waals surface area contributed by atoms with Crippen LogP contribution in [0, 0.1) is 46.3 Å². The highest BCUT2D eigenvalue weighted by atomic mass is 16.7. The lowest BCUT2D eigenvalue weighted by Gasteiger charge is -2.58. The molecule has 0 radical (unpaired) electrons. The number of methoxy groups -OCH3 is 1. The largest absolute Gasteiger partial charge is 0.356 e. The van der Waals surface area contributed by atoms with Crippen LogP contribution in [0.25, 0.3) is 0 Å². The maximum Gasteiger partial charge on any atom is 0.154 e. The summed E-state index contributed by atoms with van der Waals surface area (Å²) in [6.45, 7) is 14.7. The lowest BCUT2D eigenvalue weighted by Crippen LogP contribution is -2.51. The molecule has 0 bridgehead atoms. The minimum absolute atomic E-state index is 0.0883. The van der Waals surface area contributed by atoms with Gasteiger partial charge >= 0.3 is 0 Å². The maximum atomic E-state index is 6.18. The second-order valence-corrected chi connectivity index (χ2v) is 13.1. The number of rotatable bonds is 8. The Balaban J connectivity index is 1.45. The van der Waals surface area contributed by atoms with Crippen molar-refractivity contribution in [2.75, 3.05) is 7.11 Å². The van der Waals surface area contributed by atoms with Crippen molar-refractivity contribution >= 4 is 0 Å². The van der Waals surface area contributed by atoms with Gasteiger partial charge in [-0.3, -0.25) is 0 Å². The Morgan fingerprint density at radius 3 is 2.47 bits per heavy atom. The van der Waals surface area contributed by atoms with E-state index >= 15 is 0 Å². The molecular formula is C30H52O2. The van der Waals surface area contributed by atoms with E-state index in [1.165, 1.54) is 64.2 Å². The van der Waals surface area contributed by atoms with E-state index in [4.69, 9.17) is 9.47 Å². The van der Waals surface area contributed by atoms with E-state index in [1.54, 1.807) is 12.7 Å². The second kappa shape index (κ2) is 9.73. The fraction of sp³-hybridized carbons (Fsp3) is 0.933. The zero-order valence-corrected chi connectivity index (χ0v) is 22.3. The van der Waals surface area contributed by atoms with Crippen molar-refractivity contribution in [1.82, 2.24) is 0 Å². The molecule has 0 aromatic carbocycles.